The number of nitrogens with two attached hydrogens (primary N) is 1. The van der Waals surface area contributed by atoms with Crippen molar-refractivity contribution in [1.29, 1.82) is 0 Å². The quantitative estimate of drug-likeness (QED) is 0.343. The Balaban J connectivity index is 3.61. The number of ether oxygens (including phenoxy) is 1. The number of carbonyl (C=O) groups is 2. The summed E-state index contributed by atoms with van der Waals surface area (Å²) in [6.07, 6.45) is -2.30. The molecule has 0 aliphatic carbocycles. The van der Waals surface area contributed by atoms with Crippen LogP contribution < -0.4 is 16.4 Å². The largest absolute Gasteiger partial charge is 0.409 e. The van der Waals surface area contributed by atoms with Gasteiger partial charge in [0.25, 0.3) is 5.91 Å². The lowest BCUT2D eigenvalue weighted by Gasteiger charge is -2.51. The van der Waals surface area contributed by atoms with E-state index in [2.05, 4.69) is 52.2 Å². The van der Waals surface area contributed by atoms with Crippen LogP contribution in [0, 0.1) is 0 Å². The molecular weight excluding hydrogens is 442 g/mol. The first-order chi connectivity index (χ1) is 15.1. The standard InChI is InChI=1S/C22H47N3O5Si2/c1-9-31(10-2,11-3)29-19-17(15-23)28-21(22(27)24-8)18(25-16(7)26)20(19)30-32(12-4,13-5)14-6/h17-21H,9-15,23H2,1-8H3,(H,24,27)(H,25,26)/t17-,18-,19-,20+,21-/m1/s1. The van der Waals surface area contributed by atoms with Crippen molar-refractivity contribution in [2.45, 2.75) is 115 Å². The number of amides is 2. The minimum absolute atomic E-state index is 0.214. The van der Waals surface area contributed by atoms with E-state index in [0.29, 0.717) is 0 Å². The summed E-state index contributed by atoms with van der Waals surface area (Å²) in [6.45, 7) is 14.7. The third-order valence-electron chi connectivity index (χ3n) is 7.44. The fourth-order valence-corrected chi connectivity index (χ4v) is 10.5. The molecule has 1 saturated heterocycles. The zero-order valence-corrected chi connectivity index (χ0v) is 23.5. The lowest BCUT2D eigenvalue weighted by atomic mass is 9.92. The minimum atomic E-state index is -2.11. The van der Waals surface area contributed by atoms with Crippen molar-refractivity contribution in [2.75, 3.05) is 13.6 Å². The van der Waals surface area contributed by atoms with Crippen molar-refractivity contribution in [1.82, 2.24) is 10.6 Å². The maximum atomic E-state index is 12.8. The SMILES string of the molecule is CC[Si](CC)(CC)O[C@H]1[C@@H](NC(C)=O)[C@H](C(=O)NC)O[C@H](CN)[C@H]1O[Si](CC)(CC)CC. The molecule has 0 aromatic heterocycles. The summed E-state index contributed by atoms with van der Waals surface area (Å²) in [6, 6.07) is 5.13. The Kier molecular flexibility index (Phi) is 12.1. The molecule has 0 unspecified atom stereocenters. The van der Waals surface area contributed by atoms with Crippen molar-refractivity contribution < 1.29 is 23.2 Å². The maximum Gasteiger partial charge on any atom is 0.251 e. The summed E-state index contributed by atoms with van der Waals surface area (Å²) in [5.74, 6) is -0.524. The molecule has 0 aromatic carbocycles. The van der Waals surface area contributed by atoms with Crippen LogP contribution in [0.25, 0.3) is 0 Å². The van der Waals surface area contributed by atoms with E-state index >= 15 is 0 Å². The second kappa shape index (κ2) is 13.2. The summed E-state index contributed by atoms with van der Waals surface area (Å²) in [7, 11) is -2.59. The second-order valence-electron chi connectivity index (χ2n) is 8.82. The van der Waals surface area contributed by atoms with Gasteiger partial charge in [0.15, 0.2) is 22.7 Å². The third-order valence-corrected chi connectivity index (χ3v) is 16.7. The molecule has 0 spiro atoms. The molecule has 4 N–H and O–H groups in total. The Labute approximate surface area is 197 Å². The highest BCUT2D eigenvalue weighted by Crippen LogP contribution is 2.35. The zero-order chi connectivity index (χ0) is 24.5. The van der Waals surface area contributed by atoms with E-state index < -0.39 is 47.1 Å². The number of hydrogen-bond acceptors (Lipinski definition) is 6. The molecule has 1 heterocycles. The monoisotopic (exact) mass is 489 g/mol. The van der Waals surface area contributed by atoms with E-state index in [4.69, 9.17) is 19.3 Å². The van der Waals surface area contributed by atoms with Crippen LogP contribution in [0.5, 0.6) is 0 Å². The first kappa shape index (κ1) is 29.2. The molecule has 0 saturated carbocycles. The highest BCUT2D eigenvalue weighted by Gasteiger charge is 2.53. The Hall–Kier alpha value is -0.786. The molecule has 8 nitrogen and oxygen atoms in total. The zero-order valence-electron chi connectivity index (χ0n) is 21.5. The van der Waals surface area contributed by atoms with Crippen molar-refractivity contribution in [2.24, 2.45) is 5.73 Å². The van der Waals surface area contributed by atoms with Gasteiger partial charge < -0.3 is 30.0 Å². The van der Waals surface area contributed by atoms with Gasteiger partial charge in [0.05, 0.1) is 24.4 Å². The van der Waals surface area contributed by atoms with Crippen LogP contribution in [0.1, 0.15) is 48.5 Å². The normalized spacial score (nSPS) is 26.6. The molecule has 1 aliphatic heterocycles. The van der Waals surface area contributed by atoms with Gasteiger partial charge in [-0.1, -0.05) is 41.5 Å². The van der Waals surface area contributed by atoms with E-state index in [9.17, 15) is 9.59 Å². The van der Waals surface area contributed by atoms with Gasteiger partial charge in [-0.2, -0.15) is 0 Å². The Morgan fingerprint density at radius 3 is 1.66 bits per heavy atom. The smallest absolute Gasteiger partial charge is 0.251 e. The summed E-state index contributed by atoms with van der Waals surface area (Å²) in [4.78, 5) is 25.0. The minimum Gasteiger partial charge on any atom is -0.409 e. The molecule has 0 bridgehead atoms. The Morgan fingerprint density at radius 1 is 0.875 bits per heavy atom. The lowest BCUT2D eigenvalue weighted by molar-refractivity contribution is -0.181. The summed E-state index contributed by atoms with van der Waals surface area (Å²) < 4.78 is 20.2. The molecule has 0 aromatic rings. The molecule has 1 rings (SSSR count). The van der Waals surface area contributed by atoms with Gasteiger partial charge in [-0.05, 0) is 36.3 Å². The van der Waals surface area contributed by atoms with Gasteiger partial charge >= 0.3 is 0 Å². The number of likely N-dealkylation sites (N-methyl/N-ethyl adjacent to an activating group) is 1. The van der Waals surface area contributed by atoms with Gasteiger partial charge in [0, 0.05) is 20.5 Å². The van der Waals surface area contributed by atoms with Crippen LogP contribution in [-0.2, 0) is 23.2 Å². The second-order valence-corrected chi connectivity index (χ2v) is 18.3. The molecule has 188 valence electrons. The van der Waals surface area contributed by atoms with Gasteiger partial charge in [-0.15, -0.1) is 0 Å². The van der Waals surface area contributed by atoms with Crippen molar-refractivity contribution in [3.8, 4) is 0 Å². The molecule has 5 atom stereocenters. The number of hydrogen-bond donors (Lipinski definition) is 3. The van der Waals surface area contributed by atoms with Gasteiger partial charge in [-0.3, -0.25) is 9.59 Å². The number of rotatable bonds is 13. The van der Waals surface area contributed by atoms with Gasteiger partial charge in [-0.25, -0.2) is 0 Å². The predicted molar refractivity (Wildman–Crippen MR) is 134 cm³/mol. The highest BCUT2D eigenvalue weighted by molar-refractivity contribution is 6.74. The fourth-order valence-electron chi connectivity index (χ4n) is 4.75. The van der Waals surface area contributed by atoms with Crippen LogP contribution in [0.15, 0.2) is 0 Å². The molecule has 0 radical (unpaired) electrons. The first-order valence-electron chi connectivity index (χ1n) is 12.4. The van der Waals surface area contributed by atoms with Crippen molar-refractivity contribution >= 4 is 28.4 Å². The van der Waals surface area contributed by atoms with Crippen LogP contribution in [0.2, 0.25) is 36.3 Å². The van der Waals surface area contributed by atoms with E-state index in [1.165, 1.54) is 6.92 Å². The molecule has 1 aliphatic rings. The molecule has 1 fully saturated rings. The molecular formula is C22H47N3O5Si2. The average molecular weight is 490 g/mol. The fraction of sp³-hybridized carbons (Fsp3) is 0.909. The summed E-state index contributed by atoms with van der Waals surface area (Å²) in [5, 5.41) is 5.65. The Morgan fingerprint density at radius 2 is 1.31 bits per heavy atom. The van der Waals surface area contributed by atoms with E-state index in [0.717, 1.165) is 36.3 Å². The predicted octanol–water partition coefficient (Wildman–Crippen LogP) is 2.74. The average Bonchev–Trinajstić information content (AvgIpc) is 2.81. The molecule has 10 heteroatoms. The van der Waals surface area contributed by atoms with Crippen LogP contribution in [0.4, 0.5) is 0 Å². The topological polar surface area (TPSA) is 112 Å². The van der Waals surface area contributed by atoms with Crippen LogP contribution >= 0.6 is 0 Å². The maximum absolute atomic E-state index is 12.8. The van der Waals surface area contributed by atoms with Gasteiger partial charge in [0.1, 0.15) is 0 Å². The highest BCUT2D eigenvalue weighted by atomic mass is 28.4. The third kappa shape index (κ3) is 6.63. The van der Waals surface area contributed by atoms with Gasteiger partial charge in [0.2, 0.25) is 5.91 Å². The van der Waals surface area contributed by atoms with E-state index in [1.807, 2.05) is 0 Å². The number of nitrogens with one attached hydrogen (secondary N) is 2. The van der Waals surface area contributed by atoms with Crippen molar-refractivity contribution in [3.63, 3.8) is 0 Å². The molecule has 32 heavy (non-hydrogen) atoms. The Bertz CT molecular complexity index is 586. The first-order valence-corrected chi connectivity index (χ1v) is 17.4. The van der Waals surface area contributed by atoms with E-state index in [1.54, 1.807) is 7.05 Å². The van der Waals surface area contributed by atoms with E-state index in [-0.39, 0.29) is 18.4 Å². The molecule has 2 amide bonds. The summed E-state index contributed by atoms with van der Waals surface area (Å²) >= 11 is 0. The van der Waals surface area contributed by atoms with Crippen molar-refractivity contribution in [3.05, 3.63) is 0 Å². The summed E-state index contributed by atoms with van der Waals surface area (Å²) in [5.41, 5.74) is 6.16. The number of carbonyl (C=O) groups excluding carboxylic acids is 2. The van der Waals surface area contributed by atoms with Crippen LogP contribution in [-0.4, -0.2) is 72.5 Å². The van der Waals surface area contributed by atoms with Crippen LogP contribution in [0.3, 0.4) is 0 Å². The lowest BCUT2D eigenvalue weighted by Crippen LogP contribution is -2.71.